The molecule has 1 heterocycles. The van der Waals surface area contributed by atoms with Crippen LogP contribution in [-0.2, 0) is 47.7 Å². The molecule has 1 amide bonds. The van der Waals surface area contributed by atoms with Gasteiger partial charge in [-0.25, -0.2) is 0 Å². The monoisotopic (exact) mass is 451 g/mol. The van der Waals surface area contributed by atoms with Crippen LogP contribution in [0.3, 0.4) is 0 Å². The van der Waals surface area contributed by atoms with Gasteiger partial charge in [-0.05, 0) is 6.92 Å². The second kappa shape index (κ2) is 11.6. The van der Waals surface area contributed by atoms with Crippen molar-refractivity contribution in [2.45, 2.75) is 77.3 Å². The third kappa shape index (κ3) is 8.11. The molecule has 1 saturated heterocycles. The minimum atomic E-state index is -1.55. The highest BCUT2D eigenvalue weighted by Gasteiger charge is 2.52. The minimum absolute atomic E-state index is 0.616. The molecule has 0 aromatic heterocycles. The summed E-state index contributed by atoms with van der Waals surface area (Å²) in [6, 6.07) is -2.91. The van der Waals surface area contributed by atoms with Gasteiger partial charge in [-0.1, -0.05) is 0 Å². The fraction of sp³-hybridized carbons (Fsp3) is 0.722. The van der Waals surface area contributed by atoms with E-state index in [-0.39, 0.29) is 0 Å². The van der Waals surface area contributed by atoms with Crippen molar-refractivity contribution < 1.29 is 56.9 Å². The predicted octanol–water partition coefficient (Wildman–Crippen LogP) is -1.54. The molecule has 0 aromatic rings. The van der Waals surface area contributed by atoms with Crippen LogP contribution in [0.4, 0.5) is 0 Å². The Kier molecular flexibility index (Phi) is 8.01. The summed E-state index contributed by atoms with van der Waals surface area (Å²) in [6.07, 6.45) is -7.22. The molecule has 0 radical (unpaired) electrons. The average molecular weight is 451 g/mol. The van der Waals surface area contributed by atoms with Crippen LogP contribution in [-0.4, -0.2) is 84.3 Å². The van der Waals surface area contributed by atoms with E-state index in [9.17, 15) is 24.0 Å². The van der Waals surface area contributed by atoms with E-state index < -0.39 is 99.9 Å². The molecule has 13 nitrogen and oxygen atoms in total. The third-order valence-corrected chi connectivity index (χ3v) is 4.10. The maximum Gasteiger partial charge on any atom is 0.323 e. The zero-order valence-corrected chi connectivity index (χ0v) is 17.0. The summed E-state index contributed by atoms with van der Waals surface area (Å²) < 4.78 is 48.0. The van der Waals surface area contributed by atoms with Crippen LogP contribution in [0.25, 0.3) is 0 Å². The lowest BCUT2D eigenvalue weighted by Gasteiger charge is -2.45. The average Bonchev–Trinajstić information content (AvgIpc) is 2.79. The molecule has 0 saturated carbocycles. The van der Waals surface area contributed by atoms with Crippen LogP contribution in [0, 0.1) is 0 Å². The Morgan fingerprint density at radius 1 is 1.10 bits per heavy atom. The number of carbonyl (C=O) groups excluding carboxylic acids is 4. The van der Waals surface area contributed by atoms with Crippen molar-refractivity contribution in [3.8, 4) is 0 Å². The third-order valence-electron chi connectivity index (χ3n) is 4.10. The number of nitrogens with two attached hydrogens (primary N) is 1. The number of hydrogen-bond donors (Lipinski definition) is 3. The number of nitrogens with one attached hydrogen (secondary N) is 1. The molecule has 1 aliphatic heterocycles. The van der Waals surface area contributed by atoms with Gasteiger partial charge in [-0.2, -0.15) is 0 Å². The number of carbonyl (C=O) groups is 5. The zero-order chi connectivity index (χ0) is 26.0. The summed E-state index contributed by atoms with van der Waals surface area (Å²) in [7, 11) is 0. The molecule has 31 heavy (non-hydrogen) atoms. The summed E-state index contributed by atoms with van der Waals surface area (Å²) >= 11 is 0. The van der Waals surface area contributed by atoms with Gasteiger partial charge >= 0.3 is 23.9 Å². The number of carboxylic acids is 1. The fourth-order valence-corrected chi connectivity index (χ4v) is 2.80. The number of amides is 1. The van der Waals surface area contributed by atoms with Gasteiger partial charge in [0, 0.05) is 31.7 Å². The van der Waals surface area contributed by atoms with E-state index in [4.69, 9.17) is 38.6 Å². The second-order valence-corrected chi connectivity index (χ2v) is 6.57. The van der Waals surface area contributed by atoms with E-state index in [1.807, 2.05) is 0 Å². The second-order valence-electron chi connectivity index (χ2n) is 6.57. The molecule has 0 bridgehead atoms. The Labute approximate surface area is 182 Å². The van der Waals surface area contributed by atoms with Crippen LogP contribution in [0.2, 0.25) is 0 Å². The number of aliphatic carboxylic acids is 1. The van der Waals surface area contributed by atoms with Crippen LogP contribution in [0.15, 0.2) is 0 Å². The first-order valence-corrected chi connectivity index (χ1v) is 8.93. The molecule has 176 valence electrons. The van der Waals surface area contributed by atoms with E-state index in [0.717, 1.165) is 6.92 Å². The Hall–Kier alpha value is -2.77. The van der Waals surface area contributed by atoms with E-state index >= 15 is 0 Å². The maximum atomic E-state index is 12.0. The minimum Gasteiger partial charge on any atom is -0.480 e. The van der Waals surface area contributed by atoms with E-state index in [1.165, 1.54) is 6.92 Å². The first kappa shape index (κ1) is 21.5. The Morgan fingerprint density at radius 2 is 1.68 bits per heavy atom. The number of esters is 3. The molecule has 7 atom stereocenters. The largest absolute Gasteiger partial charge is 0.480 e. The summed E-state index contributed by atoms with van der Waals surface area (Å²) in [4.78, 5) is 58.4. The van der Waals surface area contributed by atoms with E-state index in [0.29, 0.717) is 0 Å². The lowest BCUT2D eigenvalue weighted by Crippen LogP contribution is -2.67. The van der Waals surface area contributed by atoms with Gasteiger partial charge in [-0.15, -0.1) is 0 Å². The predicted molar refractivity (Wildman–Crippen MR) is 100 cm³/mol. The molecule has 13 heteroatoms. The number of rotatable bonds is 9. The lowest BCUT2D eigenvalue weighted by molar-refractivity contribution is -0.287. The van der Waals surface area contributed by atoms with Crippen LogP contribution in [0.1, 0.15) is 38.7 Å². The van der Waals surface area contributed by atoms with Gasteiger partial charge < -0.3 is 39.8 Å². The molecule has 1 rings (SSSR count). The van der Waals surface area contributed by atoms with Gasteiger partial charge in [-0.3, -0.25) is 24.0 Å². The molecule has 0 spiro atoms. The molecule has 1 fully saturated rings. The highest BCUT2D eigenvalue weighted by molar-refractivity contribution is 5.74. The van der Waals surface area contributed by atoms with Gasteiger partial charge in [0.05, 0.1) is 6.10 Å². The van der Waals surface area contributed by atoms with Gasteiger partial charge in [0.1, 0.15) is 24.8 Å². The molecule has 0 aromatic carbocycles. The summed E-state index contributed by atoms with van der Waals surface area (Å²) in [5.41, 5.74) is 5.57. The summed E-state index contributed by atoms with van der Waals surface area (Å²) in [5, 5.41) is 11.5. The van der Waals surface area contributed by atoms with Crippen molar-refractivity contribution in [1.29, 1.82) is 0 Å². The van der Waals surface area contributed by atoms with Gasteiger partial charge in [0.2, 0.25) is 5.91 Å². The number of carboxylic acid groups (broad SMARTS) is 1. The van der Waals surface area contributed by atoms with Gasteiger partial charge in [0.15, 0.2) is 18.5 Å². The topological polar surface area (TPSA) is 190 Å². The highest BCUT2D eigenvalue weighted by Crippen LogP contribution is 2.28. The molecular weight excluding hydrogens is 420 g/mol. The maximum absolute atomic E-state index is 12.0. The number of hydrogen-bond acceptors (Lipinski definition) is 11. The lowest BCUT2D eigenvalue weighted by atomic mass is 9.96. The highest BCUT2D eigenvalue weighted by atomic mass is 16.7. The Bertz CT molecular complexity index is 757. The first-order valence-electron chi connectivity index (χ1n) is 11.1. The van der Waals surface area contributed by atoms with Crippen molar-refractivity contribution in [2.75, 3.05) is 6.61 Å². The zero-order valence-electron chi connectivity index (χ0n) is 20.0. The molecule has 1 aliphatic rings. The van der Waals surface area contributed by atoms with E-state index in [1.54, 1.807) is 0 Å². The van der Waals surface area contributed by atoms with Crippen LogP contribution < -0.4 is 11.1 Å². The fourth-order valence-electron chi connectivity index (χ4n) is 2.80. The smallest absolute Gasteiger partial charge is 0.323 e. The molecule has 1 unspecified atom stereocenters. The first-order chi connectivity index (χ1) is 15.9. The Morgan fingerprint density at radius 3 is 2.19 bits per heavy atom. The van der Waals surface area contributed by atoms with Crippen LogP contribution in [0.5, 0.6) is 0 Å². The van der Waals surface area contributed by atoms with Crippen molar-refractivity contribution in [3.05, 3.63) is 0 Å². The van der Waals surface area contributed by atoms with E-state index in [2.05, 4.69) is 5.32 Å². The van der Waals surface area contributed by atoms with Crippen molar-refractivity contribution in [1.82, 2.24) is 5.32 Å². The van der Waals surface area contributed by atoms with Crippen molar-refractivity contribution in [2.24, 2.45) is 5.73 Å². The summed E-state index contributed by atoms with van der Waals surface area (Å²) in [6.45, 7) is -0.606. The molecular formula is C18H28N2O11. The van der Waals surface area contributed by atoms with Crippen molar-refractivity contribution >= 4 is 29.8 Å². The van der Waals surface area contributed by atoms with Gasteiger partial charge in [0.25, 0.3) is 0 Å². The van der Waals surface area contributed by atoms with Crippen LogP contribution >= 0.6 is 0 Å². The molecule has 4 N–H and O–H groups in total. The SMILES string of the molecule is [2H]CC(=O)OC[C@H]1OC(O[C@H](C)[C@H](N)C(=O)O)[C@H](NC(C)=O)[C@@H](OC(=O)C[2H])[C@H]1OC(=O)C[2H]. The van der Waals surface area contributed by atoms with Crippen molar-refractivity contribution in [3.63, 3.8) is 0 Å². The summed E-state index contributed by atoms with van der Waals surface area (Å²) in [5.74, 6) is -5.17. The molecule has 0 aliphatic carbocycles. The standard InChI is InChI=1S/C18H28N2O11/c1-7(13(19)17(25)26)28-18-14(20-8(2)21)16(30-11(5)24)15(29-10(4)23)12(31-18)6-27-9(3)22/h7,12-16,18H,6,19H2,1-5H3,(H,20,21)(H,25,26)/t7-,12-,13+,14-,15+,16-,18?/m1/s1/i3D,4D,5D. The number of ether oxygens (including phenoxy) is 5. The normalized spacial score (nSPS) is 28.6. The quantitative estimate of drug-likeness (QED) is 0.271. The Balaban J connectivity index is 3.43.